The third kappa shape index (κ3) is 21.5. The summed E-state index contributed by atoms with van der Waals surface area (Å²) >= 11 is 0. The Morgan fingerprint density at radius 3 is 1.60 bits per heavy atom. The lowest BCUT2D eigenvalue weighted by Gasteiger charge is -2.22. The van der Waals surface area contributed by atoms with Crippen molar-refractivity contribution in [2.45, 2.75) is 117 Å². The highest BCUT2D eigenvalue weighted by Gasteiger charge is 2.15. The van der Waals surface area contributed by atoms with Crippen molar-refractivity contribution in [3.63, 3.8) is 0 Å². The van der Waals surface area contributed by atoms with Crippen LogP contribution in [0.4, 0.5) is 0 Å². The summed E-state index contributed by atoms with van der Waals surface area (Å²) in [5.41, 5.74) is 0. The molecule has 0 saturated heterocycles. The summed E-state index contributed by atoms with van der Waals surface area (Å²) in [6.45, 7) is 7.05. The normalized spacial score (nSPS) is 13.8. The zero-order valence-electron chi connectivity index (χ0n) is 21.1. The van der Waals surface area contributed by atoms with Crippen LogP contribution in [0.1, 0.15) is 117 Å². The largest absolute Gasteiger partial charge is 0.332 e. The number of hydrogen-bond donors (Lipinski definition) is 0. The highest BCUT2D eigenvalue weighted by molar-refractivity contribution is 7.41. The van der Waals surface area contributed by atoms with Gasteiger partial charge in [-0.3, -0.25) is 0 Å². The van der Waals surface area contributed by atoms with Gasteiger partial charge in [-0.25, -0.2) is 0 Å². The van der Waals surface area contributed by atoms with E-state index in [2.05, 4.69) is 32.8 Å². The first-order valence-corrected chi connectivity index (χ1v) is 14.0. The Labute approximate surface area is 190 Å². The predicted molar refractivity (Wildman–Crippen MR) is 133 cm³/mol. The molecule has 0 aliphatic rings. The molecule has 0 radical (unpaired) electrons. The molecule has 0 rings (SSSR count). The second kappa shape index (κ2) is 23.9. The van der Waals surface area contributed by atoms with E-state index in [0.717, 1.165) is 26.2 Å². The van der Waals surface area contributed by atoms with Gasteiger partial charge in [0, 0.05) is 13.7 Å². The topological polar surface area (TPSA) is 30.9 Å². The number of unbranched alkanes of at least 4 members (excludes halogenated alkanes) is 13. The molecule has 2 atom stereocenters. The van der Waals surface area contributed by atoms with Crippen LogP contribution in [0.15, 0.2) is 0 Å². The van der Waals surface area contributed by atoms with Gasteiger partial charge >= 0.3 is 8.60 Å². The van der Waals surface area contributed by atoms with Crippen LogP contribution in [-0.2, 0) is 13.6 Å². The first-order valence-electron chi connectivity index (χ1n) is 12.9. The van der Waals surface area contributed by atoms with Crippen LogP contribution in [0.5, 0.6) is 0 Å². The summed E-state index contributed by atoms with van der Waals surface area (Å²) in [5, 5.41) is 0. The molecule has 182 valence electrons. The summed E-state index contributed by atoms with van der Waals surface area (Å²) in [7, 11) is 4.74. The highest BCUT2D eigenvalue weighted by atomic mass is 31.2. The van der Waals surface area contributed by atoms with E-state index in [9.17, 15) is 0 Å². The molecule has 5 heteroatoms. The van der Waals surface area contributed by atoms with Gasteiger partial charge in [-0.2, -0.15) is 0 Å². The molecule has 0 bridgehead atoms. The van der Waals surface area contributed by atoms with E-state index < -0.39 is 8.60 Å². The molecule has 2 unspecified atom stereocenters. The summed E-state index contributed by atoms with van der Waals surface area (Å²) in [6.07, 6.45) is 21.7. The second-order valence-corrected chi connectivity index (χ2v) is 10.4. The first kappa shape index (κ1) is 30.3. The van der Waals surface area contributed by atoms with Gasteiger partial charge in [0.1, 0.15) is 0 Å². The van der Waals surface area contributed by atoms with Crippen molar-refractivity contribution < 1.29 is 13.6 Å². The third-order valence-corrected chi connectivity index (χ3v) is 6.63. The monoisotopic (exact) mass is 447 g/mol. The smallest absolute Gasteiger partial charge is 0.316 e. The lowest BCUT2D eigenvalue weighted by Crippen LogP contribution is -2.24. The van der Waals surface area contributed by atoms with Crippen molar-refractivity contribution in [3.8, 4) is 0 Å². The molecule has 0 aromatic carbocycles. The van der Waals surface area contributed by atoms with Gasteiger partial charge in [-0.15, -0.1) is 0 Å². The molecule has 30 heavy (non-hydrogen) atoms. The van der Waals surface area contributed by atoms with Crippen molar-refractivity contribution >= 4 is 8.60 Å². The Morgan fingerprint density at radius 1 is 0.667 bits per heavy atom. The Balaban J connectivity index is 3.48. The Bertz CT molecular complexity index is 332. The summed E-state index contributed by atoms with van der Waals surface area (Å²) in [4.78, 5) is 2.23. The molecule has 0 N–H and O–H groups in total. The average molecular weight is 448 g/mol. The van der Waals surface area contributed by atoms with Crippen molar-refractivity contribution in [2.75, 3.05) is 41.0 Å². The molecule has 0 aliphatic carbocycles. The van der Waals surface area contributed by atoms with Crippen molar-refractivity contribution in [1.82, 2.24) is 4.90 Å². The Hall–Kier alpha value is 0.270. The van der Waals surface area contributed by atoms with Gasteiger partial charge in [-0.1, -0.05) is 104 Å². The number of nitrogens with zero attached hydrogens (tertiary/aromatic N) is 1. The molecule has 0 aromatic rings. The molecular formula is C25H54NO3P. The Morgan fingerprint density at radius 2 is 1.17 bits per heavy atom. The first-order chi connectivity index (χ1) is 14.6. The Kier molecular flexibility index (Phi) is 24.1. The second-order valence-electron chi connectivity index (χ2n) is 9.05. The van der Waals surface area contributed by atoms with Crippen LogP contribution in [0.3, 0.4) is 0 Å². The number of hydrogen-bond acceptors (Lipinski definition) is 4. The van der Waals surface area contributed by atoms with Crippen LogP contribution >= 0.6 is 8.60 Å². The predicted octanol–water partition coefficient (Wildman–Crippen LogP) is 8.35. The van der Waals surface area contributed by atoms with Crippen LogP contribution < -0.4 is 0 Å². The van der Waals surface area contributed by atoms with Crippen LogP contribution in [0.25, 0.3) is 0 Å². The van der Waals surface area contributed by atoms with Crippen LogP contribution in [-0.4, -0.2) is 45.9 Å². The van der Waals surface area contributed by atoms with E-state index in [4.69, 9.17) is 13.6 Å². The maximum Gasteiger partial charge on any atom is 0.332 e. The molecule has 0 fully saturated rings. The van der Waals surface area contributed by atoms with Gasteiger partial charge in [0.25, 0.3) is 0 Å². The van der Waals surface area contributed by atoms with E-state index in [1.54, 1.807) is 7.11 Å². The highest BCUT2D eigenvalue weighted by Crippen LogP contribution is 2.39. The summed E-state index contributed by atoms with van der Waals surface area (Å²) in [5.74, 6) is 0.551. The molecule has 0 amide bonds. The maximum absolute atomic E-state index is 5.92. The van der Waals surface area contributed by atoms with Crippen molar-refractivity contribution in [1.29, 1.82) is 0 Å². The van der Waals surface area contributed by atoms with Gasteiger partial charge < -0.3 is 18.5 Å². The molecule has 0 spiro atoms. The third-order valence-electron chi connectivity index (χ3n) is 5.58. The minimum Gasteiger partial charge on any atom is -0.316 e. The number of rotatable bonds is 24. The molecule has 0 aromatic heterocycles. The minimum atomic E-state index is -1.19. The minimum absolute atomic E-state index is 0.551. The van der Waals surface area contributed by atoms with Gasteiger partial charge in [-0.05, 0) is 32.9 Å². The quantitative estimate of drug-likeness (QED) is 0.110. The van der Waals surface area contributed by atoms with Crippen molar-refractivity contribution in [3.05, 3.63) is 0 Å². The molecule has 0 aliphatic heterocycles. The molecule has 0 saturated carbocycles. The zero-order valence-corrected chi connectivity index (χ0v) is 22.0. The average Bonchev–Trinajstić information content (AvgIpc) is 2.72. The van der Waals surface area contributed by atoms with Gasteiger partial charge in [0.05, 0.1) is 13.2 Å². The summed E-state index contributed by atoms with van der Waals surface area (Å²) in [6, 6.07) is 0. The van der Waals surface area contributed by atoms with E-state index in [0.29, 0.717) is 5.92 Å². The fourth-order valence-electron chi connectivity index (χ4n) is 3.90. The molecule has 0 heterocycles. The summed E-state index contributed by atoms with van der Waals surface area (Å²) < 4.78 is 17.2. The SMILES string of the molecule is CCCCCCCCCCCCCCCCOP(OC)OCC(CCC)CN(C)C. The molecular weight excluding hydrogens is 393 g/mol. The van der Waals surface area contributed by atoms with Crippen molar-refractivity contribution in [2.24, 2.45) is 5.92 Å². The lowest BCUT2D eigenvalue weighted by atomic mass is 10.0. The van der Waals surface area contributed by atoms with E-state index in [1.807, 2.05) is 0 Å². The maximum atomic E-state index is 5.92. The van der Waals surface area contributed by atoms with E-state index >= 15 is 0 Å². The van der Waals surface area contributed by atoms with Gasteiger partial charge in [0.15, 0.2) is 0 Å². The van der Waals surface area contributed by atoms with E-state index in [1.165, 1.54) is 96.3 Å². The fourth-order valence-corrected chi connectivity index (χ4v) is 4.79. The van der Waals surface area contributed by atoms with Crippen LogP contribution in [0.2, 0.25) is 0 Å². The van der Waals surface area contributed by atoms with E-state index in [-0.39, 0.29) is 0 Å². The van der Waals surface area contributed by atoms with Crippen LogP contribution in [0, 0.1) is 5.92 Å². The fraction of sp³-hybridized carbons (Fsp3) is 1.00. The molecule has 4 nitrogen and oxygen atoms in total. The zero-order chi connectivity index (χ0) is 22.3. The van der Waals surface area contributed by atoms with Gasteiger partial charge in [0.2, 0.25) is 0 Å². The standard InChI is InChI=1S/C25H54NO3P/c1-6-8-9-10-11-12-13-14-15-16-17-18-19-20-22-28-30(27-5)29-24-25(21-7-2)23-26(3)4/h25H,6-24H2,1-5H3. The lowest BCUT2D eigenvalue weighted by molar-refractivity contribution is 0.143.